The molecule has 1 unspecified atom stereocenters. The maximum absolute atomic E-state index is 11.9. The molecule has 1 aliphatic rings. The fraction of sp³-hybridized carbons (Fsp3) is 0.571. The Morgan fingerprint density at radius 2 is 2.15 bits per heavy atom. The van der Waals surface area contributed by atoms with E-state index in [2.05, 4.69) is 4.98 Å². The molecule has 0 spiro atoms. The standard InChI is InChI=1S/C14H20N2O4/c1-14(2,3)20-13(18)16-8-6-10(9-16)19-12(17)11-5-4-7-15-11/h4-5,7,10,15H,6,8-9H2,1-3H3. The van der Waals surface area contributed by atoms with Gasteiger partial charge in [0.1, 0.15) is 17.4 Å². The van der Waals surface area contributed by atoms with Crippen LogP contribution in [0, 0.1) is 0 Å². The highest BCUT2D eigenvalue weighted by Gasteiger charge is 2.32. The number of likely N-dealkylation sites (tertiary alicyclic amines) is 1. The highest BCUT2D eigenvalue weighted by Crippen LogP contribution is 2.18. The predicted molar refractivity (Wildman–Crippen MR) is 72.4 cm³/mol. The molecule has 1 aromatic heterocycles. The quantitative estimate of drug-likeness (QED) is 0.843. The van der Waals surface area contributed by atoms with Gasteiger partial charge in [0.15, 0.2) is 0 Å². The third-order valence-electron chi connectivity index (χ3n) is 2.89. The number of aromatic amines is 1. The first-order valence-corrected chi connectivity index (χ1v) is 6.67. The molecule has 0 radical (unpaired) electrons. The number of carbonyl (C=O) groups is 2. The van der Waals surface area contributed by atoms with Crippen molar-refractivity contribution >= 4 is 12.1 Å². The molecule has 0 bridgehead atoms. The lowest BCUT2D eigenvalue weighted by Gasteiger charge is -2.24. The molecule has 1 amide bonds. The molecule has 0 saturated carbocycles. The summed E-state index contributed by atoms with van der Waals surface area (Å²) in [5.41, 5.74) is -0.100. The van der Waals surface area contributed by atoms with Crippen molar-refractivity contribution < 1.29 is 19.1 Å². The molecule has 1 saturated heterocycles. The van der Waals surface area contributed by atoms with E-state index in [0.717, 1.165) is 0 Å². The Balaban J connectivity index is 1.83. The largest absolute Gasteiger partial charge is 0.456 e. The zero-order valence-corrected chi connectivity index (χ0v) is 12.0. The first-order valence-electron chi connectivity index (χ1n) is 6.67. The van der Waals surface area contributed by atoms with Crippen molar-refractivity contribution in [1.82, 2.24) is 9.88 Å². The van der Waals surface area contributed by atoms with Gasteiger partial charge in [0.2, 0.25) is 0 Å². The van der Waals surface area contributed by atoms with Crippen molar-refractivity contribution in [3.05, 3.63) is 24.0 Å². The number of nitrogens with one attached hydrogen (secondary N) is 1. The average Bonchev–Trinajstić information content (AvgIpc) is 2.97. The molecular formula is C14H20N2O4. The molecule has 110 valence electrons. The summed E-state index contributed by atoms with van der Waals surface area (Å²) in [6.07, 6.45) is 1.65. The van der Waals surface area contributed by atoms with Gasteiger partial charge >= 0.3 is 12.1 Å². The summed E-state index contributed by atoms with van der Waals surface area (Å²) < 4.78 is 10.6. The minimum atomic E-state index is -0.518. The Bertz CT molecular complexity index is 476. The van der Waals surface area contributed by atoms with Crippen LogP contribution in [0.1, 0.15) is 37.7 Å². The zero-order chi connectivity index (χ0) is 14.8. The number of hydrogen-bond donors (Lipinski definition) is 1. The molecule has 0 aromatic carbocycles. The van der Waals surface area contributed by atoms with E-state index >= 15 is 0 Å². The van der Waals surface area contributed by atoms with E-state index in [9.17, 15) is 9.59 Å². The number of carbonyl (C=O) groups excluding carboxylic acids is 2. The van der Waals surface area contributed by atoms with E-state index < -0.39 is 11.6 Å². The van der Waals surface area contributed by atoms with Gasteiger partial charge in [-0.3, -0.25) is 0 Å². The molecule has 1 N–H and O–H groups in total. The minimum absolute atomic E-state index is 0.279. The number of nitrogens with zero attached hydrogens (tertiary/aromatic N) is 1. The van der Waals surface area contributed by atoms with Gasteiger partial charge in [-0.15, -0.1) is 0 Å². The summed E-state index contributed by atoms with van der Waals surface area (Å²) in [5, 5.41) is 0. The molecule has 20 heavy (non-hydrogen) atoms. The monoisotopic (exact) mass is 280 g/mol. The SMILES string of the molecule is CC(C)(C)OC(=O)N1CCC(OC(=O)c2ccc[nH]2)C1. The van der Waals surface area contributed by atoms with Crippen molar-refractivity contribution in [2.45, 2.75) is 38.9 Å². The second kappa shape index (κ2) is 5.56. The van der Waals surface area contributed by atoms with Gasteiger partial charge in [0.25, 0.3) is 0 Å². The average molecular weight is 280 g/mol. The van der Waals surface area contributed by atoms with Crippen molar-refractivity contribution in [2.24, 2.45) is 0 Å². The van der Waals surface area contributed by atoms with E-state index in [0.29, 0.717) is 25.2 Å². The summed E-state index contributed by atoms with van der Waals surface area (Å²) in [5.74, 6) is -0.397. The van der Waals surface area contributed by atoms with Crippen LogP contribution in [-0.4, -0.2) is 46.7 Å². The number of H-pyrrole nitrogens is 1. The Hall–Kier alpha value is -1.98. The zero-order valence-electron chi connectivity index (χ0n) is 12.0. The lowest BCUT2D eigenvalue weighted by atomic mass is 10.2. The molecule has 1 aromatic rings. The third-order valence-corrected chi connectivity index (χ3v) is 2.89. The van der Waals surface area contributed by atoms with Crippen LogP contribution in [0.4, 0.5) is 4.79 Å². The summed E-state index contributed by atoms with van der Waals surface area (Å²) >= 11 is 0. The topological polar surface area (TPSA) is 71.6 Å². The summed E-state index contributed by atoms with van der Waals surface area (Å²) in [6, 6.07) is 3.39. The lowest BCUT2D eigenvalue weighted by molar-refractivity contribution is 0.0189. The van der Waals surface area contributed by atoms with Crippen LogP contribution in [0.25, 0.3) is 0 Å². The van der Waals surface area contributed by atoms with Crippen molar-refractivity contribution in [2.75, 3.05) is 13.1 Å². The lowest BCUT2D eigenvalue weighted by Crippen LogP contribution is -2.36. The van der Waals surface area contributed by atoms with Crippen LogP contribution in [0.5, 0.6) is 0 Å². The summed E-state index contributed by atoms with van der Waals surface area (Å²) in [6.45, 7) is 6.39. The number of ether oxygens (including phenoxy) is 2. The third kappa shape index (κ3) is 3.76. The van der Waals surface area contributed by atoms with E-state index in [4.69, 9.17) is 9.47 Å². The number of rotatable bonds is 2. The van der Waals surface area contributed by atoms with Gasteiger partial charge in [-0.1, -0.05) is 0 Å². The highest BCUT2D eigenvalue weighted by molar-refractivity contribution is 5.87. The Labute approximate surface area is 118 Å². The molecule has 2 heterocycles. The highest BCUT2D eigenvalue weighted by atomic mass is 16.6. The van der Waals surface area contributed by atoms with Crippen LogP contribution in [0.15, 0.2) is 18.3 Å². The van der Waals surface area contributed by atoms with E-state index in [1.807, 2.05) is 20.8 Å². The molecule has 0 aliphatic carbocycles. The van der Waals surface area contributed by atoms with E-state index in [1.165, 1.54) is 0 Å². The number of amides is 1. The molecule has 6 nitrogen and oxygen atoms in total. The second-order valence-corrected chi connectivity index (χ2v) is 5.83. The van der Waals surface area contributed by atoms with Crippen LogP contribution in [0.2, 0.25) is 0 Å². The van der Waals surface area contributed by atoms with E-state index in [1.54, 1.807) is 23.2 Å². The first kappa shape index (κ1) is 14.4. The molecular weight excluding hydrogens is 260 g/mol. The van der Waals surface area contributed by atoms with Crippen LogP contribution in [0.3, 0.4) is 0 Å². The maximum Gasteiger partial charge on any atom is 0.410 e. The Morgan fingerprint density at radius 3 is 2.75 bits per heavy atom. The van der Waals surface area contributed by atoms with Crippen molar-refractivity contribution in [3.8, 4) is 0 Å². The van der Waals surface area contributed by atoms with Crippen molar-refractivity contribution in [3.63, 3.8) is 0 Å². The first-order chi connectivity index (χ1) is 9.35. The Morgan fingerprint density at radius 1 is 1.40 bits per heavy atom. The number of esters is 1. The summed E-state index contributed by atoms with van der Waals surface area (Å²) in [4.78, 5) is 28.0. The molecule has 1 aliphatic heterocycles. The van der Waals surface area contributed by atoms with Crippen LogP contribution < -0.4 is 0 Å². The Kier molecular flexibility index (Phi) is 4.01. The fourth-order valence-corrected chi connectivity index (χ4v) is 1.99. The molecule has 1 atom stereocenters. The van der Waals surface area contributed by atoms with Gasteiger partial charge in [-0.2, -0.15) is 0 Å². The number of aromatic nitrogens is 1. The number of hydrogen-bond acceptors (Lipinski definition) is 4. The maximum atomic E-state index is 11.9. The van der Waals surface area contributed by atoms with Crippen molar-refractivity contribution in [1.29, 1.82) is 0 Å². The van der Waals surface area contributed by atoms with Gasteiger partial charge < -0.3 is 19.4 Å². The smallest absolute Gasteiger partial charge is 0.410 e. The molecule has 1 fully saturated rings. The van der Waals surface area contributed by atoms with Crippen LogP contribution in [-0.2, 0) is 9.47 Å². The summed E-state index contributed by atoms with van der Waals surface area (Å²) in [7, 11) is 0. The van der Waals surface area contributed by atoms with Crippen LogP contribution >= 0.6 is 0 Å². The molecule has 2 rings (SSSR count). The second-order valence-electron chi connectivity index (χ2n) is 5.83. The van der Waals surface area contributed by atoms with Gasteiger partial charge in [0.05, 0.1) is 6.54 Å². The predicted octanol–water partition coefficient (Wildman–Crippen LogP) is 2.18. The van der Waals surface area contributed by atoms with E-state index in [-0.39, 0.29) is 12.2 Å². The normalized spacial score (nSPS) is 18.9. The fourth-order valence-electron chi connectivity index (χ4n) is 1.99. The minimum Gasteiger partial charge on any atom is -0.456 e. The molecule has 6 heteroatoms. The van der Waals surface area contributed by atoms with Gasteiger partial charge in [0, 0.05) is 19.2 Å². The van der Waals surface area contributed by atoms with Gasteiger partial charge in [-0.25, -0.2) is 9.59 Å². The van der Waals surface area contributed by atoms with Gasteiger partial charge in [-0.05, 0) is 32.9 Å².